The number of carbonyl (C=O) groups is 1. The second-order valence-electron chi connectivity index (χ2n) is 4.66. The van der Waals surface area contributed by atoms with E-state index in [1.807, 2.05) is 19.2 Å². The molecular formula is C13H16ClNO3. The van der Waals surface area contributed by atoms with Crippen molar-refractivity contribution in [2.24, 2.45) is 0 Å². The number of ether oxygens (including phenoxy) is 1. The summed E-state index contributed by atoms with van der Waals surface area (Å²) in [5.41, 5.74) is 0.0875. The van der Waals surface area contributed by atoms with E-state index in [-0.39, 0.29) is 6.42 Å². The molecule has 18 heavy (non-hydrogen) atoms. The topological polar surface area (TPSA) is 49.8 Å². The number of likely N-dealkylation sites (N-methyl/N-ethyl adjacent to an activating group) is 1. The smallest absolute Gasteiger partial charge is 0.306 e. The molecule has 1 aliphatic rings. The molecule has 1 heterocycles. The first-order valence-corrected chi connectivity index (χ1v) is 6.20. The van der Waals surface area contributed by atoms with Gasteiger partial charge in [-0.3, -0.25) is 4.79 Å². The van der Waals surface area contributed by atoms with Gasteiger partial charge in [-0.15, -0.1) is 0 Å². The average Bonchev–Trinajstić information content (AvgIpc) is 2.28. The van der Waals surface area contributed by atoms with Gasteiger partial charge >= 0.3 is 5.97 Å². The van der Waals surface area contributed by atoms with Gasteiger partial charge in [0.05, 0.1) is 13.0 Å². The van der Waals surface area contributed by atoms with E-state index in [0.717, 1.165) is 12.1 Å². The van der Waals surface area contributed by atoms with Crippen LogP contribution < -0.4 is 0 Å². The zero-order chi connectivity index (χ0) is 13.2. The van der Waals surface area contributed by atoms with E-state index in [4.69, 9.17) is 21.4 Å². The van der Waals surface area contributed by atoms with Gasteiger partial charge in [0, 0.05) is 18.1 Å². The summed E-state index contributed by atoms with van der Waals surface area (Å²) in [6.45, 7) is 1.92. The van der Waals surface area contributed by atoms with Crippen LogP contribution in [0.2, 0.25) is 5.02 Å². The highest BCUT2D eigenvalue weighted by Crippen LogP contribution is 2.33. The number of morpholine rings is 1. The van der Waals surface area contributed by atoms with Crippen molar-refractivity contribution < 1.29 is 14.6 Å². The van der Waals surface area contributed by atoms with Crippen LogP contribution in [0.25, 0.3) is 0 Å². The monoisotopic (exact) mass is 269 g/mol. The van der Waals surface area contributed by atoms with Gasteiger partial charge in [0.15, 0.2) is 0 Å². The lowest BCUT2D eigenvalue weighted by atomic mass is 9.88. The minimum Gasteiger partial charge on any atom is -0.481 e. The van der Waals surface area contributed by atoms with Crippen molar-refractivity contribution in [3.63, 3.8) is 0 Å². The molecule has 1 aliphatic heterocycles. The molecule has 1 saturated heterocycles. The minimum absolute atomic E-state index is 0.0427. The van der Waals surface area contributed by atoms with Crippen LogP contribution in [0.15, 0.2) is 24.3 Å². The zero-order valence-electron chi connectivity index (χ0n) is 10.2. The Morgan fingerprint density at radius 1 is 1.50 bits per heavy atom. The van der Waals surface area contributed by atoms with Crippen molar-refractivity contribution in [1.82, 2.24) is 4.90 Å². The molecule has 5 heteroatoms. The molecule has 0 aromatic heterocycles. The van der Waals surface area contributed by atoms with Crippen molar-refractivity contribution in [3.05, 3.63) is 34.9 Å². The Bertz CT molecular complexity index is 434. The van der Waals surface area contributed by atoms with Crippen LogP contribution in [0, 0.1) is 0 Å². The first-order valence-electron chi connectivity index (χ1n) is 5.82. The second kappa shape index (κ2) is 5.26. The quantitative estimate of drug-likeness (QED) is 0.912. The molecule has 1 N–H and O–H groups in total. The van der Waals surface area contributed by atoms with E-state index >= 15 is 0 Å². The van der Waals surface area contributed by atoms with Crippen molar-refractivity contribution >= 4 is 17.6 Å². The number of benzene rings is 1. The maximum atomic E-state index is 11.1. The molecule has 1 atom stereocenters. The number of aliphatic carboxylic acids is 1. The van der Waals surface area contributed by atoms with E-state index in [2.05, 4.69) is 4.90 Å². The Balaban J connectivity index is 2.34. The summed E-state index contributed by atoms with van der Waals surface area (Å²) in [7, 11) is 1.97. The molecule has 4 nitrogen and oxygen atoms in total. The SMILES string of the molecule is CN1CCOC(CC(=O)O)(c2ccc(Cl)cc2)C1. The third-order valence-corrected chi connectivity index (χ3v) is 3.44. The van der Waals surface area contributed by atoms with Gasteiger partial charge in [0.25, 0.3) is 0 Å². The van der Waals surface area contributed by atoms with E-state index in [0.29, 0.717) is 18.2 Å². The minimum atomic E-state index is -0.861. The average molecular weight is 270 g/mol. The molecule has 98 valence electrons. The molecule has 0 aliphatic carbocycles. The molecule has 1 aromatic rings. The lowest BCUT2D eigenvalue weighted by Gasteiger charge is -2.41. The van der Waals surface area contributed by atoms with Crippen LogP contribution in [0.1, 0.15) is 12.0 Å². The normalized spacial score (nSPS) is 25.0. The summed E-state index contributed by atoms with van der Waals surface area (Å²) in [5, 5.41) is 9.74. The number of hydrogen-bond donors (Lipinski definition) is 1. The number of hydrogen-bond acceptors (Lipinski definition) is 3. The Hall–Kier alpha value is -1.10. The predicted octanol–water partition coefficient (Wildman–Crippen LogP) is 1.97. The first kappa shape index (κ1) is 13.3. The fourth-order valence-electron chi connectivity index (χ4n) is 2.34. The Morgan fingerprint density at radius 2 is 2.17 bits per heavy atom. The molecule has 1 fully saturated rings. The maximum Gasteiger partial charge on any atom is 0.306 e. The highest BCUT2D eigenvalue weighted by molar-refractivity contribution is 6.30. The van der Waals surface area contributed by atoms with Crippen molar-refractivity contribution in [3.8, 4) is 0 Å². The van der Waals surface area contributed by atoms with Crippen LogP contribution in [-0.4, -0.2) is 42.7 Å². The standard InChI is InChI=1S/C13H16ClNO3/c1-15-6-7-18-13(9-15,8-12(16)17)10-2-4-11(14)5-3-10/h2-5H,6-9H2,1H3,(H,16,17). The van der Waals surface area contributed by atoms with E-state index < -0.39 is 11.6 Å². The number of halogens is 1. The molecule has 1 aromatic carbocycles. The molecule has 1 unspecified atom stereocenters. The van der Waals surface area contributed by atoms with E-state index in [1.54, 1.807) is 12.1 Å². The van der Waals surface area contributed by atoms with Crippen LogP contribution in [0.4, 0.5) is 0 Å². The molecule has 2 rings (SSSR count). The fraction of sp³-hybridized carbons (Fsp3) is 0.462. The Kier molecular flexibility index (Phi) is 3.90. The molecular weight excluding hydrogens is 254 g/mol. The summed E-state index contributed by atoms with van der Waals surface area (Å²) in [6.07, 6.45) is -0.0427. The Morgan fingerprint density at radius 3 is 2.72 bits per heavy atom. The number of rotatable bonds is 3. The van der Waals surface area contributed by atoms with Gasteiger partial charge in [-0.05, 0) is 24.7 Å². The lowest BCUT2D eigenvalue weighted by molar-refractivity contribution is -0.155. The van der Waals surface area contributed by atoms with Gasteiger partial charge in [-0.2, -0.15) is 0 Å². The molecule has 0 amide bonds. The van der Waals surface area contributed by atoms with Gasteiger partial charge in [-0.25, -0.2) is 0 Å². The lowest BCUT2D eigenvalue weighted by Crippen LogP contribution is -2.49. The largest absolute Gasteiger partial charge is 0.481 e. The van der Waals surface area contributed by atoms with Crippen molar-refractivity contribution in [1.29, 1.82) is 0 Å². The summed E-state index contributed by atoms with van der Waals surface area (Å²) in [6, 6.07) is 7.20. The number of carboxylic acid groups (broad SMARTS) is 1. The van der Waals surface area contributed by atoms with Crippen LogP contribution >= 0.6 is 11.6 Å². The number of nitrogens with zero attached hydrogens (tertiary/aromatic N) is 1. The highest BCUT2D eigenvalue weighted by atomic mass is 35.5. The van der Waals surface area contributed by atoms with Crippen molar-refractivity contribution in [2.45, 2.75) is 12.0 Å². The summed E-state index contributed by atoms with van der Waals surface area (Å²) < 4.78 is 5.81. The molecule has 0 saturated carbocycles. The van der Waals surface area contributed by atoms with Gasteiger partial charge < -0.3 is 14.7 Å². The third kappa shape index (κ3) is 2.83. The predicted molar refractivity (Wildman–Crippen MR) is 68.8 cm³/mol. The fourth-order valence-corrected chi connectivity index (χ4v) is 2.47. The van der Waals surface area contributed by atoms with Gasteiger partial charge in [0.2, 0.25) is 0 Å². The summed E-state index contributed by atoms with van der Waals surface area (Å²) in [4.78, 5) is 13.2. The Labute approximate surface area is 111 Å². The highest BCUT2D eigenvalue weighted by Gasteiger charge is 2.39. The third-order valence-electron chi connectivity index (χ3n) is 3.18. The first-order chi connectivity index (χ1) is 8.52. The zero-order valence-corrected chi connectivity index (χ0v) is 11.0. The van der Waals surface area contributed by atoms with Gasteiger partial charge in [0.1, 0.15) is 5.60 Å². The maximum absolute atomic E-state index is 11.1. The van der Waals surface area contributed by atoms with Crippen LogP contribution in [-0.2, 0) is 15.1 Å². The molecule has 0 spiro atoms. The summed E-state index contributed by atoms with van der Waals surface area (Å²) in [5.74, 6) is -0.861. The molecule has 0 radical (unpaired) electrons. The van der Waals surface area contributed by atoms with E-state index in [9.17, 15) is 4.79 Å². The van der Waals surface area contributed by atoms with E-state index in [1.165, 1.54) is 0 Å². The number of carboxylic acids is 1. The van der Waals surface area contributed by atoms with Gasteiger partial charge in [-0.1, -0.05) is 23.7 Å². The molecule has 0 bridgehead atoms. The van der Waals surface area contributed by atoms with Crippen LogP contribution in [0.3, 0.4) is 0 Å². The van der Waals surface area contributed by atoms with Crippen molar-refractivity contribution in [2.75, 3.05) is 26.7 Å². The second-order valence-corrected chi connectivity index (χ2v) is 5.09. The summed E-state index contributed by atoms with van der Waals surface area (Å²) >= 11 is 5.86. The van der Waals surface area contributed by atoms with Crippen LogP contribution in [0.5, 0.6) is 0 Å².